The summed E-state index contributed by atoms with van der Waals surface area (Å²) < 4.78 is 6.60. The molecule has 16 heteroatoms. The van der Waals surface area contributed by atoms with E-state index in [0.717, 1.165) is 0 Å². The van der Waals surface area contributed by atoms with Crippen molar-refractivity contribution in [2.24, 2.45) is 0 Å². The van der Waals surface area contributed by atoms with Gasteiger partial charge in [0.1, 0.15) is 18.3 Å². The molecule has 2 aromatic heterocycles. The second-order valence-electron chi connectivity index (χ2n) is 6.86. The summed E-state index contributed by atoms with van der Waals surface area (Å²) in [5.41, 5.74) is 2.62. The van der Waals surface area contributed by atoms with Crippen molar-refractivity contribution >= 4 is 17.1 Å². The average Bonchev–Trinajstić information content (AvgIpc) is 3.06. The minimum Gasteiger partial charge on any atom is -0.394 e. The predicted octanol–water partition coefficient (Wildman–Crippen LogP) is -6.22. The molecule has 30 heavy (non-hydrogen) atoms. The number of H-pyrrole nitrogens is 1. The van der Waals surface area contributed by atoms with Crippen LogP contribution in [0.5, 0.6) is 0 Å². The van der Waals surface area contributed by atoms with Crippen LogP contribution in [0.15, 0.2) is 9.59 Å². The Balaban J connectivity index is 2.15. The first-order valence-electron chi connectivity index (χ1n) is 8.55. The number of aromatic amines is 1. The number of rotatable bonds is 6. The number of aliphatic hydroxyl groups excluding tert-OH is 3. The van der Waals surface area contributed by atoms with Crippen LogP contribution in [0.3, 0.4) is 0 Å². The number of hydrogen-bond donors (Lipinski definition) is 10. The molecule has 0 amide bonds. The number of hydrogen-bond acceptors (Lipinski definition) is 13. The number of imidazole rings is 1. The van der Waals surface area contributed by atoms with Crippen molar-refractivity contribution in [2.45, 2.75) is 49.3 Å². The van der Waals surface area contributed by atoms with Crippen LogP contribution in [0.4, 0.5) is 5.95 Å². The van der Waals surface area contributed by atoms with Crippen molar-refractivity contribution in [3.8, 4) is 0 Å². The molecular weight excluding hydrogens is 414 g/mol. The largest absolute Gasteiger partial charge is 0.394 e. The lowest BCUT2D eigenvalue weighted by molar-refractivity contribution is -0.448. The van der Waals surface area contributed by atoms with Gasteiger partial charge >= 0.3 is 11.7 Å². The molecule has 3 heterocycles. The van der Waals surface area contributed by atoms with Crippen molar-refractivity contribution in [3.63, 3.8) is 0 Å². The highest BCUT2D eigenvalue weighted by Crippen LogP contribution is 2.30. The number of aryl methyl sites for hydroxylation is 1. The van der Waals surface area contributed by atoms with Crippen molar-refractivity contribution in [1.29, 1.82) is 0 Å². The Morgan fingerprint density at radius 3 is 2.30 bits per heavy atom. The molecule has 1 aliphatic rings. The molecule has 16 nitrogen and oxygen atoms in total. The number of nitrogen functional groups attached to an aromatic ring is 1. The van der Waals surface area contributed by atoms with E-state index < -0.39 is 84.2 Å². The van der Waals surface area contributed by atoms with E-state index in [4.69, 9.17) is 25.8 Å². The van der Waals surface area contributed by atoms with Gasteiger partial charge in [0.2, 0.25) is 11.7 Å². The van der Waals surface area contributed by atoms with Gasteiger partial charge in [0.05, 0.1) is 6.61 Å². The molecule has 0 radical (unpaired) electrons. The van der Waals surface area contributed by atoms with E-state index >= 15 is 0 Å². The van der Waals surface area contributed by atoms with E-state index in [1.165, 1.54) is 0 Å². The van der Waals surface area contributed by atoms with E-state index in [9.17, 15) is 35.1 Å². The number of nitrogens with zero attached hydrogens (tertiary/aromatic N) is 3. The van der Waals surface area contributed by atoms with Crippen LogP contribution in [0.2, 0.25) is 0 Å². The van der Waals surface area contributed by atoms with E-state index in [1.54, 1.807) is 0 Å². The summed E-state index contributed by atoms with van der Waals surface area (Å²) in [6.45, 7) is -1.44. The summed E-state index contributed by atoms with van der Waals surface area (Å²) in [5.74, 6) is -7.84. The van der Waals surface area contributed by atoms with Crippen LogP contribution in [0.1, 0.15) is 12.6 Å². The minimum atomic E-state index is -3.94. The maximum Gasteiger partial charge on any atom is 0.332 e. The van der Waals surface area contributed by atoms with E-state index in [0.29, 0.717) is 9.13 Å². The van der Waals surface area contributed by atoms with Crippen molar-refractivity contribution in [1.82, 2.24) is 19.1 Å². The SMILES string of the molecule is Nc1nc2c(c(=O)[nH]1)n(CCC(O)(O)C(O)(O)O)c(=O)n2C1OC(CO)C(O)C1O. The first-order chi connectivity index (χ1) is 13.8. The van der Waals surface area contributed by atoms with Crippen LogP contribution in [0, 0.1) is 0 Å². The lowest BCUT2D eigenvalue weighted by Crippen LogP contribution is -2.55. The molecule has 0 bridgehead atoms. The minimum absolute atomic E-state index is 0.402. The fourth-order valence-electron chi connectivity index (χ4n) is 3.17. The van der Waals surface area contributed by atoms with Crippen LogP contribution in [0.25, 0.3) is 11.2 Å². The van der Waals surface area contributed by atoms with Gasteiger partial charge in [0.15, 0.2) is 17.4 Å². The van der Waals surface area contributed by atoms with Gasteiger partial charge in [-0.1, -0.05) is 0 Å². The third kappa shape index (κ3) is 3.49. The van der Waals surface area contributed by atoms with Crippen LogP contribution >= 0.6 is 0 Å². The maximum absolute atomic E-state index is 13.0. The van der Waals surface area contributed by atoms with E-state index in [2.05, 4.69) is 9.97 Å². The van der Waals surface area contributed by atoms with Gasteiger partial charge < -0.3 is 51.3 Å². The van der Waals surface area contributed by atoms with Crippen LogP contribution in [-0.2, 0) is 11.3 Å². The molecule has 1 aliphatic heterocycles. The van der Waals surface area contributed by atoms with Gasteiger partial charge in [-0.3, -0.25) is 14.3 Å². The molecule has 0 spiro atoms. The molecule has 0 aromatic carbocycles. The molecule has 0 saturated carbocycles. The predicted molar refractivity (Wildman–Crippen MR) is 93.2 cm³/mol. The number of nitrogens with one attached hydrogen (secondary N) is 1. The standard InChI is InChI=1S/C14H21N5O11/c15-11-16-8-5(9(23)17-11)18(2-1-13(25,26)14(27,28)29)12(24)19(8)10-7(22)6(21)4(3-20)30-10/h4,6-7,10,20-22,25-29H,1-3H2,(H3,15,16,17,23). The van der Waals surface area contributed by atoms with Gasteiger partial charge in [-0.15, -0.1) is 0 Å². The Morgan fingerprint density at radius 2 is 1.77 bits per heavy atom. The van der Waals surface area contributed by atoms with Gasteiger partial charge in [-0.05, 0) is 0 Å². The van der Waals surface area contributed by atoms with Gasteiger partial charge in [0.25, 0.3) is 5.56 Å². The van der Waals surface area contributed by atoms with Crippen molar-refractivity contribution < 1.29 is 45.6 Å². The number of anilines is 1. The first-order valence-corrected chi connectivity index (χ1v) is 8.55. The molecule has 168 valence electrons. The number of aromatic nitrogens is 4. The normalized spacial score (nSPS) is 25.3. The summed E-state index contributed by atoms with van der Waals surface area (Å²) in [4.78, 5) is 31.3. The molecule has 0 aliphatic carbocycles. The van der Waals surface area contributed by atoms with Gasteiger partial charge in [0, 0.05) is 13.0 Å². The number of ether oxygens (including phenoxy) is 1. The molecule has 2 aromatic rings. The highest BCUT2D eigenvalue weighted by molar-refractivity contribution is 5.71. The second kappa shape index (κ2) is 7.38. The van der Waals surface area contributed by atoms with E-state index in [-0.39, 0.29) is 0 Å². The third-order valence-electron chi connectivity index (χ3n) is 4.82. The maximum atomic E-state index is 13.0. The fourth-order valence-corrected chi connectivity index (χ4v) is 3.17. The summed E-state index contributed by atoms with van der Waals surface area (Å²) in [6.07, 6.45) is -7.18. The Kier molecular flexibility index (Phi) is 5.48. The molecule has 3 rings (SSSR count). The Morgan fingerprint density at radius 1 is 1.13 bits per heavy atom. The number of aliphatic hydroxyl groups is 8. The van der Waals surface area contributed by atoms with Gasteiger partial charge in [-0.2, -0.15) is 4.98 Å². The van der Waals surface area contributed by atoms with Gasteiger partial charge in [-0.25, -0.2) is 9.36 Å². The van der Waals surface area contributed by atoms with Crippen molar-refractivity contribution in [3.05, 3.63) is 20.8 Å². The zero-order valence-corrected chi connectivity index (χ0v) is 15.2. The Bertz CT molecular complexity index is 1050. The molecule has 11 N–H and O–H groups in total. The lowest BCUT2D eigenvalue weighted by Gasteiger charge is -2.29. The molecule has 1 saturated heterocycles. The monoisotopic (exact) mass is 435 g/mol. The summed E-state index contributed by atoms with van der Waals surface area (Å²) in [5, 5.41) is 75.6. The average molecular weight is 435 g/mol. The topological polar surface area (TPSA) is 270 Å². The van der Waals surface area contributed by atoms with Crippen molar-refractivity contribution in [2.75, 3.05) is 12.3 Å². The Labute approximate surface area is 165 Å². The lowest BCUT2D eigenvalue weighted by atomic mass is 10.1. The number of nitrogens with two attached hydrogens (primary N) is 1. The first kappa shape index (κ1) is 22.3. The Hall–Kier alpha value is -2.41. The molecule has 4 unspecified atom stereocenters. The number of fused-ring (bicyclic) bond motifs is 1. The molecule has 1 fully saturated rings. The highest BCUT2D eigenvalue weighted by Gasteiger charge is 2.47. The smallest absolute Gasteiger partial charge is 0.332 e. The fraction of sp³-hybridized carbons (Fsp3) is 0.643. The summed E-state index contributed by atoms with van der Waals surface area (Å²) >= 11 is 0. The third-order valence-corrected chi connectivity index (χ3v) is 4.82. The van der Waals surface area contributed by atoms with Crippen LogP contribution < -0.4 is 17.0 Å². The second-order valence-corrected chi connectivity index (χ2v) is 6.86. The molecular formula is C14H21N5O11. The molecule has 4 atom stereocenters. The van der Waals surface area contributed by atoms with E-state index in [1.807, 2.05) is 0 Å². The quantitative estimate of drug-likeness (QED) is 0.189. The summed E-state index contributed by atoms with van der Waals surface area (Å²) in [6, 6.07) is 0. The zero-order valence-electron chi connectivity index (χ0n) is 15.2. The summed E-state index contributed by atoms with van der Waals surface area (Å²) in [7, 11) is 0. The zero-order chi connectivity index (χ0) is 22.6. The van der Waals surface area contributed by atoms with Crippen LogP contribution in [-0.4, -0.2) is 96.6 Å². The highest BCUT2D eigenvalue weighted by atomic mass is 16.7.